The third-order valence-electron chi connectivity index (χ3n) is 17.7. The second-order valence-electron chi connectivity index (χ2n) is 19.8. The molecule has 8 fully saturated rings. The number of fused-ring (bicyclic) bond motifs is 3. The molecule has 0 N–H and O–H groups in total. The Bertz CT molecular complexity index is 942. The lowest BCUT2D eigenvalue weighted by Crippen LogP contribution is -2.68. The van der Waals surface area contributed by atoms with Crippen LogP contribution in [0.5, 0.6) is 0 Å². The van der Waals surface area contributed by atoms with Crippen molar-refractivity contribution in [2.75, 3.05) is 28.4 Å². The molecule has 0 aromatic rings. The second kappa shape index (κ2) is 17.9. The van der Waals surface area contributed by atoms with Crippen LogP contribution >= 0.6 is 0 Å². The van der Waals surface area contributed by atoms with Crippen molar-refractivity contribution in [3.63, 3.8) is 0 Å². The monoisotopic (exact) mass is 725 g/mol. The first-order valence-corrected chi connectivity index (χ1v) is 23.3. The molecule has 6 heteroatoms. The van der Waals surface area contributed by atoms with Crippen molar-refractivity contribution < 1.29 is 18.9 Å². The van der Waals surface area contributed by atoms with Gasteiger partial charge in [0.1, 0.15) is 0 Å². The van der Waals surface area contributed by atoms with Gasteiger partial charge in [0.2, 0.25) is 0 Å². The minimum absolute atomic E-state index is 0.473. The van der Waals surface area contributed by atoms with E-state index in [1.165, 1.54) is 167 Å². The molecule has 0 saturated heterocycles. The van der Waals surface area contributed by atoms with E-state index in [4.69, 9.17) is 18.9 Å². The Balaban J connectivity index is 1.18. The maximum Gasteiger partial charge on any atom is 0.0572 e. The largest absolute Gasteiger partial charge is 0.381 e. The summed E-state index contributed by atoms with van der Waals surface area (Å²) < 4.78 is 24.0. The molecule has 0 spiro atoms. The molecule has 8 aliphatic rings. The van der Waals surface area contributed by atoms with Gasteiger partial charge in [0.25, 0.3) is 0 Å². The third-order valence-corrected chi connectivity index (χ3v) is 17.7. The summed E-state index contributed by atoms with van der Waals surface area (Å²) in [6.45, 7) is 0. The molecule has 298 valence electrons. The van der Waals surface area contributed by atoms with Gasteiger partial charge in [0, 0.05) is 64.7 Å². The summed E-state index contributed by atoms with van der Waals surface area (Å²) in [6.07, 6.45) is 37.7. The van der Waals surface area contributed by atoms with Crippen LogP contribution in [-0.4, -0.2) is 98.9 Å². The molecule has 8 saturated carbocycles. The van der Waals surface area contributed by atoms with Gasteiger partial charge in [0.15, 0.2) is 0 Å². The van der Waals surface area contributed by atoms with Crippen LogP contribution in [0, 0.1) is 35.5 Å². The molecule has 0 heterocycles. The zero-order chi connectivity index (χ0) is 35.6. The van der Waals surface area contributed by atoms with Gasteiger partial charge in [-0.05, 0) is 164 Å². The minimum Gasteiger partial charge on any atom is -0.381 e. The Morgan fingerprint density at radius 3 is 0.846 bits per heavy atom. The Morgan fingerprint density at radius 1 is 0.308 bits per heavy atom. The smallest absolute Gasteiger partial charge is 0.0572 e. The molecule has 6 nitrogen and oxygen atoms in total. The molecule has 0 aromatic heterocycles. The first kappa shape index (κ1) is 38.6. The van der Waals surface area contributed by atoms with E-state index in [-0.39, 0.29) is 0 Å². The first-order chi connectivity index (χ1) is 25.6. The van der Waals surface area contributed by atoms with Crippen LogP contribution in [0.3, 0.4) is 0 Å². The lowest BCUT2D eigenvalue weighted by molar-refractivity contribution is -0.158. The summed E-state index contributed by atoms with van der Waals surface area (Å²) in [7, 11) is 7.85. The van der Waals surface area contributed by atoms with Crippen LogP contribution in [0.1, 0.15) is 167 Å². The van der Waals surface area contributed by atoms with Gasteiger partial charge in [-0.2, -0.15) is 0 Å². The van der Waals surface area contributed by atoms with Crippen molar-refractivity contribution in [3.05, 3.63) is 0 Å². The Labute approximate surface area is 319 Å². The van der Waals surface area contributed by atoms with Gasteiger partial charge in [-0.1, -0.05) is 38.5 Å². The molecular formula is C46H80N2O4. The molecule has 0 bridgehead atoms. The van der Waals surface area contributed by atoms with Gasteiger partial charge in [0.05, 0.1) is 24.4 Å². The van der Waals surface area contributed by atoms with E-state index >= 15 is 0 Å². The highest BCUT2D eigenvalue weighted by molar-refractivity contribution is 5.11. The molecule has 8 unspecified atom stereocenters. The average Bonchev–Trinajstić information content (AvgIpc) is 3.21. The molecular weight excluding hydrogens is 645 g/mol. The van der Waals surface area contributed by atoms with Gasteiger partial charge in [-0.25, -0.2) is 0 Å². The lowest BCUT2D eigenvalue weighted by atomic mass is 9.50. The number of ether oxygens (including phenoxy) is 4. The summed E-state index contributed by atoms with van der Waals surface area (Å²) >= 11 is 0. The van der Waals surface area contributed by atoms with Crippen LogP contribution in [-0.2, 0) is 18.9 Å². The highest BCUT2D eigenvalue weighted by Crippen LogP contribution is 2.59. The molecule has 0 aliphatic heterocycles. The molecule has 0 radical (unpaired) electrons. The SMILES string of the molecule is COC1CCC(N(C2CCC(OC)CC2)C2C3CCCCC3CC3C2CC2CCCCC2C3N(C2CCC(OC)CC2)C2CCC(OC)CC2)CC1. The van der Waals surface area contributed by atoms with Crippen molar-refractivity contribution in [3.8, 4) is 0 Å². The minimum atomic E-state index is 0.473. The van der Waals surface area contributed by atoms with E-state index in [9.17, 15) is 0 Å². The normalized spacial score (nSPS) is 47.4. The lowest BCUT2D eigenvalue weighted by Gasteiger charge is -2.65. The Morgan fingerprint density at radius 2 is 0.577 bits per heavy atom. The van der Waals surface area contributed by atoms with Crippen LogP contribution in [0.15, 0.2) is 0 Å². The van der Waals surface area contributed by atoms with Crippen molar-refractivity contribution in [1.29, 1.82) is 0 Å². The fourth-order valence-corrected chi connectivity index (χ4v) is 15.2. The van der Waals surface area contributed by atoms with E-state index in [0.29, 0.717) is 24.4 Å². The molecule has 52 heavy (non-hydrogen) atoms. The fourth-order valence-electron chi connectivity index (χ4n) is 15.2. The summed E-state index contributed by atoms with van der Waals surface area (Å²) in [4.78, 5) is 6.74. The van der Waals surface area contributed by atoms with Gasteiger partial charge in [-0.3, -0.25) is 9.80 Å². The molecule has 8 rings (SSSR count). The van der Waals surface area contributed by atoms with E-state index in [1.807, 2.05) is 28.4 Å². The molecule has 8 atom stereocenters. The van der Waals surface area contributed by atoms with E-state index in [0.717, 1.165) is 71.8 Å². The highest BCUT2D eigenvalue weighted by Gasteiger charge is 2.59. The van der Waals surface area contributed by atoms with Gasteiger partial charge >= 0.3 is 0 Å². The topological polar surface area (TPSA) is 43.4 Å². The summed E-state index contributed by atoms with van der Waals surface area (Å²) in [6, 6.07) is 4.56. The van der Waals surface area contributed by atoms with Crippen LogP contribution in [0.4, 0.5) is 0 Å². The predicted molar refractivity (Wildman–Crippen MR) is 211 cm³/mol. The van der Waals surface area contributed by atoms with Crippen molar-refractivity contribution in [1.82, 2.24) is 9.80 Å². The van der Waals surface area contributed by atoms with Gasteiger partial charge < -0.3 is 18.9 Å². The van der Waals surface area contributed by atoms with Gasteiger partial charge in [-0.15, -0.1) is 0 Å². The number of rotatable bonds is 10. The van der Waals surface area contributed by atoms with E-state index < -0.39 is 0 Å². The third kappa shape index (κ3) is 7.98. The number of methoxy groups -OCH3 is 4. The number of hydrogen-bond acceptors (Lipinski definition) is 6. The number of hydrogen-bond donors (Lipinski definition) is 0. The van der Waals surface area contributed by atoms with Crippen molar-refractivity contribution >= 4 is 0 Å². The molecule has 0 aromatic carbocycles. The fraction of sp³-hybridized carbons (Fsp3) is 1.00. The highest BCUT2D eigenvalue weighted by atomic mass is 16.5. The zero-order valence-corrected chi connectivity index (χ0v) is 34.1. The Kier molecular flexibility index (Phi) is 13.3. The first-order valence-electron chi connectivity index (χ1n) is 23.3. The van der Waals surface area contributed by atoms with Crippen molar-refractivity contribution in [2.24, 2.45) is 35.5 Å². The summed E-state index contributed by atoms with van der Waals surface area (Å²) in [5.41, 5.74) is 0. The predicted octanol–water partition coefficient (Wildman–Crippen LogP) is 9.81. The summed E-state index contributed by atoms with van der Waals surface area (Å²) in [5, 5.41) is 0. The Hall–Kier alpha value is -0.240. The van der Waals surface area contributed by atoms with E-state index in [1.54, 1.807) is 0 Å². The van der Waals surface area contributed by atoms with Crippen molar-refractivity contribution in [2.45, 2.75) is 228 Å². The average molecular weight is 725 g/mol. The number of nitrogens with zero attached hydrogens (tertiary/aromatic N) is 2. The quantitative estimate of drug-likeness (QED) is 0.224. The van der Waals surface area contributed by atoms with Crippen LogP contribution in [0.25, 0.3) is 0 Å². The standard InChI is InChI=1S/C46H80N2O4/c1-49-37-21-13-33(14-22-37)47(34-15-23-38(50-2)24-16-34)45-41-11-7-5-9-31(41)30-44-43(45)29-32-10-6-8-12-42(32)46(44)48(35-17-25-39(51-3)26-18-35)36-19-27-40(52-4)28-20-36/h31-46H,5-30H2,1-4H3. The maximum atomic E-state index is 6.00. The molecule has 8 aliphatic carbocycles. The maximum absolute atomic E-state index is 6.00. The van der Waals surface area contributed by atoms with Crippen LogP contribution < -0.4 is 0 Å². The summed E-state index contributed by atoms with van der Waals surface area (Å²) in [5.74, 6) is 5.45. The van der Waals surface area contributed by atoms with E-state index in [2.05, 4.69) is 9.80 Å². The molecule has 0 amide bonds. The second-order valence-corrected chi connectivity index (χ2v) is 19.8. The zero-order valence-electron chi connectivity index (χ0n) is 34.1. The van der Waals surface area contributed by atoms with Crippen LogP contribution in [0.2, 0.25) is 0 Å².